The quantitative estimate of drug-likeness (QED) is 0.673. The zero-order valence-corrected chi connectivity index (χ0v) is 17.6. The molecule has 0 radical (unpaired) electrons. The molecule has 1 aromatic carbocycles. The van der Waals surface area contributed by atoms with Gasteiger partial charge in [-0.1, -0.05) is 0 Å². The smallest absolute Gasteiger partial charge is 0.444 e. The van der Waals surface area contributed by atoms with E-state index in [9.17, 15) is 18.0 Å². The first-order chi connectivity index (χ1) is 13.8. The third kappa shape index (κ3) is 7.61. The highest BCUT2D eigenvalue weighted by atomic mass is 19.4. The Kier molecular flexibility index (Phi) is 7.39. The van der Waals surface area contributed by atoms with Crippen molar-refractivity contribution in [3.63, 3.8) is 0 Å². The van der Waals surface area contributed by atoms with E-state index in [4.69, 9.17) is 10.5 Å². The van der Waals surface area contributed by atoms with Gasteiger partial charge in [0.2, 0.25) is 0 Å². The summed E-state index contributed by atoms with van der Waals surface area (Å²) in [6.07, 6.45) is -1.99. The normalized spacial score (nSPS) is 17.1. The number of rotatable bonds is 4. The second-order valence-corrected chi connectivity index (χ2v) is 8.18. The van der Waals surface area contributed by atoms with Crippen LogP contribution < -0.4 is 10.5 Å². The van der Waals surface area contributed by atoms with Gasteiger partial charge in [-0.05, 0) is 76.3 Å². The number of hydrogen-bond donors (Lipinski definition) is 1. The Morgan fingerprint density at radius 2 is 1.73 bits per heavy atom. The van der Waals surface area contributed by atoms with Gasteiger partial charge >= 0.3 is 12.5 Å². The maximum Gasteiger partial charge on any atom is 0.573 e. The van der Waals surface area contributed by atoms with Crippen LogP contribution >= 0.6 is 0 Å². The minimum absolute atomic E-state index is 0.130. The van der Waals surface area contributed by atoms with Crippen LogP contribution in [0.2, 0.25) is 0 Å². The lowest BCUT2D eigenvalue weighted by molar-refractivity contribution is -0.274. The number of likely N-dealkylation sites (tertiary alicyclic amines) is 1. The van der Waals surface area contributed by atoms with E-state index < -0.39 is 12.0 Å². The molecule has 0 bridgehead atoms. The zero-order valence-electron chi connectivity index (χ0n) is 17.6. The number of ether oxygens (including phenoxy) is 2. The lowest BCUT2D eigenvalue weighted by atomic mass is 9.88. The molecule has 0 unspecified atom stereocenters. The van der Waals surface area contributed by atoms with Crippen molar-refractivity contribution in [1.82, 2.24) is 4.90 Å². The topological polar surface area (TPSA) is 77.2 Å². The monoisotopic (exact) mass is 427 g/mol. The van der Waals surface area contributed by atoms with Gasteiger partial charge in [0.05, 0.1) is 5.69 Å². The maximum absolute atomic E-state index is 12.2. The molecule has 0 aliphatic carbocycles. The fourth-order valence-corrected chi connectivity index (χ4v) is 3.11. The summed E-state index contributed by atoms with van der Waals surface area (Å²) >= 11 is 0. The second-order valence-electron chi connectivity index (χ2n) is 8.18. The third-order valence-corrected chi connectivity index (χ3v) is 4.46. The van der Waals surface area contributed by atoms with Gasteiger partial charge in [-0.3, -0.25) is 4.99 Å². The lowest BCUT2D eigenvalue weighted by Crippen LogP contribution is -2.42. The summed E-state index contributed by atoms with van der Waals surface area (Å²) in [7, 11) is 0. The highest BCUT2D eigenvalue weighted by molar-refractivity contribution is 5.82. The van der Waals surface area contributed by atoms with Crippen molar-refractivity contribution in [3.8, 4) is 5.75 Å². The lowest BCUT2D eigenvalue weighted by Gasteiger charge is -2.34. The first-order valence-electron chi connectivity index (χ1n) is 9.68. The van der Waals surface area contributed by atoms with E-state index in [0.29, 0.717) is 37.3 Å². The number of nitrogens with two attached hydrogens (primary N) is 1. The molecular formula is C21H28F3N3O3. The molecule has 1 heterocycles. The molecule has 2 N–H and O–H groups in total. The Balaban J connectivity index is 1.99. The Morgan fingerprint density at radius 1 is 1.17 bits per heavy atom. The molecule has 0 aromatic heterocycles. The maximum atomic E-state index is 12.2. The Morgan fingerprint density at radius 3 is 2.20 bits per heavy atom. The SMILES string of the molecule is C/C(N)=C(/C=Nc1ccc(OC(F)(F)F)cc1)C1CCN(C(=O)OC(C)(C)C)CC1. The van der Waals surface area contributed by atoms with Gasteiger partial charge in [0.15, 0.2) is 0 Å². The number of carbonyl (C=O) groups is 1. The van der Waals surface area contributed by atoms with Crippen molar-refractivity contribution >= 4 is 18.0 Å². The zero-order chi connectivity index (χ0) is 22.5. The standard InChI is InChI=1S/C21H28F3N3O3/c1-14(25)18(13-26-16-5-7-17(8-6-16)29-21(22,23)24)15-9-11-27(12-10-15)19(28)30-20(2,3)4/h5-8,13,15H,9-12,25H2,1-4H3/b18-14+,26-13?. The summed E-state index contributed by atoms with van der Waals surface area (Å²) in [5, 5.41) is 0. The van der Waals surface area contributed by atoms with Crippen LogP contribution in [0, 0.1) is 5.92 Å². The number of allylic oxidation sites excluding steroid dienone is 2. The number of piperidine rings is 1. The van der Waals surface area contributed by atoms with E-state index in [2.05, 4.69) is 9.73 Å². The predicted octanol–water partition coefficient (Wildman–Crippen LogP) is 5.17. The number of aliphatic imine (C=N–C) groups is 1. The molecule has 1 saturated heterocycles. The minimum atomic E-state index is -4.73. The van der Waals surface area contributed by atoms with Crippen molar-refractivity contribution in [2.75, 3.05) is 13.1 Å². The van der Waals surface area contributed by atoms with Crippen LogP contribution in [-0.4, -0.2) is 42.3 Å². The van der Waals surface area contributed by atoms with Gasteiger partial charge in [-0.2, -0.15) is 0 Å². The summed E-state index contributed by atoms with van der Waals surface area (Å²) in [6.45, 7) is 8.36. The van der Waals surface area contributed by atoms with Crippen LogP contribution in [-0.2, 0) is 4.74 Å². The molecule has 1 aliphatic rings. The van der Waals surface area contributed by atoms with Gasteiger partial charge in [0, 0.05) is 25.0 Å². The van der Waals surface area contributed by atoms with E-state index >= 15 is 0 Å². The van der Waals surface area contributed by atoms with Crippen molar-refractivity contribution in [3.05, 3.63) is 35.5 Å². The van der Waals surface area contributed by atoms with Gasteiger partial charge in [-0.25, -0.2) is 4.79 Å². The van der Waals surface area contributed by atoms with Crippen LogP contribution in [0.3, 0.4) is 0 Å². The van der Waals surface area contributed by atoms with Crippen LogP contribution in [0.25, 0.3) is 0 Å². The molecule has 1 aliphatic heterocycles. The van der Waals surface area contributed by atoms with Gasteiger partial charge in [-0.15, -0.1) is 13.2 Å². The van der Waals surface area contributed by atoms with Crippen LogP contribution in [0.4, 0.5) is 23.7 Å². The molecule has 6 nitrogen and oxygen atoms in total. The molecular weight excluding hydrogens is 399 g/mol. The third-order valence-electron chi connectivity index (χ3n) is 4.46. The molecule has 0 saturated carbocycles. The Labute approximate surface area is 174 Å². The van der Waals surface area contributed by atoms with Gasteiger partial charge in [0.1, 0.15) is 11.4 Å². The highest BCUT2D eigenvalue weighted by Gasteiger charge is 2.31. The molecule has 1 fully saturated rings. The summed E-state index contributed by atoms with van der Waals surface area (Å²) in [5.74, 6) is -0.174. The molecule has 1 aromatic rings. The fourth-order valence-electron chi connectivity index (χ4n) is 3.11. The summed E-state index contributed by atoms with van der Waals surface area (Å²) in [4.78, 5) is 18.2. The second kappa shape index (κ2) is 9.40. The Bertz CT molecular complexity index is 784. The first kappa shape index (κ1) is 23.6. The molecule has 166 valence electrons. The van der Waals surface area contributed by atoms with E-state index in [1.165, 1.54) is 24.3 Å². The number of benzene rings is 1. The molecule has 30 heavy (non-hydrogen) atoms. The van der Waals surface area contributed by atoms with E-state index in [1.54, 1.807) is 18.0 Å². The van der Waals surface area contributed by atoms with Gasteiger partial charge < -0.3 is 20.1 Å². The van der Waals surface area contributed by atoms with Crippen molar-refractivity contribution in [2.45, 2.75) is 52.5 Å². The molecule has 9 heteroatoms. The molecule has 2 rings (SSSR count). The van der Waals surface area contributed by atoms with Crippen molar-refractivity contribution in [2.24, 2.45) is 16.6 Å². The number of alkyl halides is 3. The van der Waals surface area contributed by atoms with E-state index in [1.807, 2.05) is 20.8 Å². The van der Waals surface area contributed by atoms with E-state index in [0.717, 1.165) is 5.57 Å². The molecule has 1 amide bonds. The number of nitrogens with zero attached hydrogens (tertiary/aromatic N) is 2. The van der Waals surface area contributed by atoms with Crippen molar-refractivity contribution in [1.29, 1.82) is 0 Å². The number of halogens is 3. The predicted molar refractivity (Wildman–Crippen MR) is 109 cm³/mol. The fraction of sp³-hybridized carbons (Fsp3) is 0.524. The average Bonchev–Trinajstić information content (AvgIpc) is 2.61. The highest BCUT2D eigenvalue weighted by Crippen LogP contribution is 2.28. The van der Waals surface area contributed by atoms with Crippen molar-refractivity contribution < 1.29 is 27.4 Å². The number of carbonyl (C=O) groups excluding carboxylic acids is 1. The average molecular weight is 427 g/mol. The number of amides is 1. The first-order valence-corrected chi connectivity index (χ1v) is 9.68. The minimum Gasteiger partial charge on any atom is -0.444 e. The molecule has 0 spiro atoms. The van der Waals surface area contributed by atoms with E-state index in [-0.39, 0.29) is 17.8 Å². The summed E-state index contributed by atoms with van der Waals surface area (Å²) in [6, 6.07) is 5.29. The van der Waals surface area contributed by atoms with Crippen LogP contribution in [0.1, 0.15) is 40.5 Å². The summed E-state index contributed by atoms with van der Waals surface area (Å²) in [5.41, 5.74) is 7.45. The molecule has 0 atom stereocenters. The van der Waals surface area contributed by atoms with Crippen LogP contribution in [0.5, 0.6) is 5.75 Å². The Hall–Kier alpha value is -2.71. The van der Waals surface area contributed by atoms with Gasteiger partial charge in [0.25, 0.3) is 0 Å². The number of hydrogen-bond acceptors (Lipinski definition) is 5. The largest absolute Gasteiger partial charge is 0.573 e. The summed E-state index contributed by atoms with van der Waals surface area (Å²) < 4.78 is 46.0. The van der Waals surface area contributed by atoms with Crippen LogP contribution in [0.15, 0.2) is 40.5 Å².